The number of aliphatic hydroxyl groups is 1. The molecule has 0 aliphatic heterocycles. The van der Waals surface area contributed by atoms with Crippen molar-refractivity contribution in [2.45, 2.75) is 37.6 Å². The van der Waals surface area contributed by atoms with Crippen molar-refractivity contribution in [2.24, 2.45) is 0 Å². The van der Waals surface area contributed by atoms with Gasteiger partial charge in [0.05, 0.1) is 35.4 Å². The van der Waals surface area contributed by atoms with E-state index in [0.717, 1.165) is 4.68 Å². The second-order valence-electron chi connectivity index (χ2n) is 8.43. The van der Waals surface area contributed by atoms with Gasteiger partial charge >= 0.3 is 6.18 Å². The third-order valence-electron chi connectivity index (χ3n) is 5.89. The number of halogens is 4. The van der Waals surface area contributed by atoms with E-state index in [2.05, 4.69) is 20.1 Å². The lowest BCUT2D eigenvalue weighted by Crippen LogP contribution is -2.43. The van der Waals surface area contributed by atoms with Gasteiger partial charge in [0.2, 0.25) is 0 Å². The Morgan fingerprint density at radius 1 is 1.12 bits per heavy atom. The number of alkyl halides is 3. The first-order valence-electron chi connectivity index (χ1n) is 10.3. The SMILES string of the molecule is CC1(O)CC(n2ncc(-c3[nH]cc(-c4ccccc4Cl)c3-c3cnccn3)c2C(F)(F)F)C1. The Hall–Kier alpha value is -3.17. The van der Waals surface area contributed by atoms with Gasteiger partial charge in [-0.15, -0.1) is 0 Å². The largest absolute Gasteiger partial charge is 0.433 e. The Balaban J connectivity index is 1.73. The molecule has 33 heavy (non-hydrogen) atoms. The molecule has 2 N–H and O–H groups in total. The summed E-state index contributed by atoms with van der Waals surface area (Å²) in [6, 6.07) is 6.55. The standard InChI is InChI=1S/C23H19ClF3N5O/c1-22(33)8-13(9-22)32-21(23(25,26)27)16(11-31-32)20-19(18-12-28-6-7-29-18)15(10-30-20)14-4-2-3-5-17(14)24/h2-7,10-13,30,33H,8-9H2,1H3. The minimum Gasteiger partial charge on any atom is -0.390 e. The van der Waals surface area contributed by atoms with Crippen molar-refractivity contribution in [3.63, 3.8) is 0 Å². The molecule has 3 heterocycles. The monoisotopic (exact) mass is 473 g/mol. The molecule has 1 saturated carbocycles. The molecule has 0 atom stereocenters. The third kappa shape index (κ3) is 3.81. The summed E-state index contributed by atoms with van der Waals surface area (Å²) in [5.74, 6) is 0. The van der Waals surface area contributed by atoms with Crippen LogP contribution in [0.3, 0.4) is 0 Å². The first-order chi connectivity index (χ1) is 15.7. The highest BCUT2D eigenvalue weighted by Gasteiger charge is 2.46. The van der Waals surface area contributed by atoms with Gasteiger partial charge in [0.1, 0.15) is 0 Å². The molecule has 5 rings (SSSR count). The summed E-state index contributed by atoms with van der Waals surface area (Å²) in [7, 11) is 0. The molecule has 0 saturated heterocycles. The van der Waals surface area contributed by atoms with E-state index >= 15 is 0 Å². The zero-order chi connectivity index (χ0) is 23.4. The maximum Gasteiger partial charge on any atom is 0.433 e. The molecular weight excluding hydrogens is 455 g/mol. The fraction of sp³-hybridized carbons (Fsp3) is 0.261. The van der Waals surface area contributed by atoms with Gasteiger partial charge in [-0.2, -0.15) is 18.3 Å². The van der Waals surface area contributed by atoms with Crippen LogP contribution in [0.5, 0.6) is 0 Å². The van der Waals surface area contributed by atoms with E-state index in [1.54, 1.807) is 37.4 Å². The number of hydrogen-bond acceptors (Lipinski definition) is 4. The maximum absolute atomic E-state index is 14.3. The quantitative estimate of drug-likeness (QED) is 0.395. The van der Waals surface area contributed by atoms with Crippen LogP contribution in [0.2, 0.25) is 5.02 Å². The number of aromatic amines is 1. The lowest BCUT2D eigenvalue weighted by Gasteiger charge is -2.41. The topological polar surface area (TPSA) is 79.6 Å². The minimum absolute atomic E-state index is 0.104. The highest BCUT2D eigenvalue weighted by atomic mass is 35.5. The Kier molecular flexibility index (Phi) is 5.06. The highest BCUT2D eigenvalue weighted by molar-refractivity contribution is 6.33. The van der Waals surface area contributed by atoms with Gasteiger partial charge < -0.3 is 10.1 Å². The lowest BCUT2D eigenvalue weighted by molar-refractivity contribution is -0.148. The molecule has 1 aromatic carbocycles. The zero-order valence-electron chi connectivity index (χ0n) is 17.4. The average Bonchev–Trinajstić information content (AvgIpc) is 3.37. The summed E-state index contributed by atoms with van der Waals surface area (Å²) in [5.41, 5.74) is 0.345. The molecule has 6 nitrogen and oxygen atoms in total. The van der Waals surface area contributed by atoms with E-state index in [9.17, 15) is 18.3 Å². The second-order valence-corrected chi connectivity index (χ2v) is 8.84. The Morgan fingerprint density at radius 2 is 1.88 bits per heavy atom. The van der Waals surface area contributed by atoms with Crippen LogP contribution in [-0.4, -0.2) is 35.4 Å². The van der Waals surface area contributed by atoms with Crippen molar-refractivity contribution in [2.75, 3.05) is 0 Å². The highest BCUT2D eigenvalue weighted by Crippen LogP contribution is 2.48. The van der Waals surface area contributed by atoms with E-state index < -0.39 is 23.5 Å². The predicted octanol–water partition coefficient (Wildman–Crippen LogP) is 5.76. The summed E-state index contributed by atoms with van der Waals surface area (Å²) >= 11 is 6.41. The maximum atomic E-state index is 14.3. The smallest absolute Gasteiger partial charge is 0.390 e. The molecule has 0 amide bonds. The van der Waals surface area contributed by atoms with Crippen molar-refractivity contribution in [1.82, 2.24) is 24.7 Å². The number of nitrogens with one attached hydrogen (secondary N) is 1. The summed E-state index contributed by atoms with van der Waals surface area (Å²) < 4.78 is 43.8. The van der Waals surface area contributed by atoms with Crippen LogP contribution in [0.15, 0.2) is 55.2 Å². The van der Waals surface area contributed by atoms with E-state index in [-0.39, 0.29) is 24.1 Å². The Morgan fingerprint density at radius 3 is 2.52 bits per heavy atom. The van der Waals surface area contributed by atoms with E-state index in [1.807, 2.05) is 0 Å². The van der Waals surface area contributed by atoms with Crippen LogP contribution in [0, 0.1) is 0 Å². The number of benzene rings is 1. The molecule has 10 heteroatoms. The van der Waals surface area contributed by atoms with Crippen LogP contribution < -0.4 is 0 Å². The van der Waals surface area contributed by atoms with Gasteiger partial charge in [0.25, 0.3) is 0 Å². The molecule has 3 aromatic heterocycles. The summed E-state index contributed by atoms with van der Waals surface area (Å²) in [4.78, 5) is 11.4. The number of H-pyrrole nitrogens is 1. The van der Waals surface area contributed by atoms with E-state index in [1.165, 1.54) is 24.8 Å². The first kappa shape index (κ1) is 21.7. The van der Waals surface area contributed by atoms with Gasteiger partial charge in [-0.1, -0.05) is 29.8 Å². The Labute approximate surface area is 192 Å². The van der Waals surface area contributed by atoms with Crippen molar-refractivity contribution in [3.05, 3.63) is 66.0 Å². The van der Waals surface area contributed by atoms with Gasteiger partial charge in [-0.25, -0.2) is 0 Å². The molecule has 1 aliphatic carbocycles. The fourth-order valence-corrected chi connectivity index (χ4v) is 4.69. The van der Waals surface area contributed by atoms with Crippen LogP contribution in [0.25, 0.3) is 33.6 Å². The van der Waals surface area contributed by atoms with E-state index in [0.29, 0.717) is 27.4 Å². The van der Waals surface area contributed by atoms with Gasteiger partial charge in [0.15, 0.2) is 5.69 Å². The molecule has 4 aromatic rings. The molecule has 1 aliphatic rings. The molecule has 0 unspecified atom stereocenters. The van der Waals surface area contributed by atoms with Crippen LogP contribution in [-0.2, 0) is 6.18 Å². The van der Waals surface area contributed by atoms with Crippen molar-refractivity contribution in [3.8, 4) is 33.6 Å². The zero-order valence-corrected chi connectivity index (χ0v) is 18.2. The third-order valence-corrected chi connectivity index (χ3v) is 6.22. The Bertz CT molecular complexity index is 1310. The summed E-state index contributed by atoms with van der Waals surface area (Å²) in [6.45, 7) is 1.61. The lowest BCUT2D eigenvalue weighted by atomic mass is 9.77. The number of aromatic nitrogens is 5. The fourth-order valence-electron chi connectivity index (χ4n) is 4.46. The molecule has 170 valence electrons. The van der Waals surface area contributed by atoms with Crippen LogP contribution in [0.1, 0.15) is 31.5 Å². The van der Waals surface area contributed by atoms with E-state index in [4.69, 9.17) is 11.6 Å². The van der Waals surface area contributed by atoms with Crippen LogP contribution in [0.4, 0.5) is 13.2 Å². The molecule has 0 bridgehead atoms. The number of nitrogens with zero attached hydrogens (tertiary/aromatic N) is 4. The molecule has 0 spiro atoms. The average molecular weight is 474 g/mol. The van der Waals surface area contributed by atoms with Gasteiger partial charge in [0, 0.05) is 45.9 Å². The molecular formula is C23H19ClF3N5O. The van der Waals surface area contributed by atoms with Crippen molar-refractivity contribution in [1.29, 1.82) is 0 Å². The number of hydrogen-bond donors (Lipinski definition) is 2. The number of rotatable bonds is 4. The summed E-state index contributed by atoms with van der Waals surface area (Å²) in [6.07, 6.45) is 3.02. The molecule has 1 fully saturated rings. The first-order valence-corrected chi connectivity index (χ1v) is 10.6. The minimum atomic E-state index is -4.66. The molecule has 0 radical (unpaired) electrons. The van der Waals surface area contributed by atoms with Crippen molar-refractivity contribution >= 4 is 11.6 Å². The predicted molar refractivity (Wildman–Crippen MR) is 117 cm³/mol. The normalized spacial score (nSPS) is 20.6. The van der Waals surface area contributed by atoms with Gasteiger partial charge in [-0.3, -0.25) is 14.6 Å². The second kappa shape index (κ2) is 7.71. The van der Waals surface area contributed by atoms with Gasteiger partial charge in [-0.05, 0) is 25.8 Å². The summed E-state index contributed by atoms with van der Waals surface area (Å²) in [5, 5.41) is 14.6. The van der Waals surface area contributed by atoms with Crippen molar-refractivity contribution < 1.29 is 18.3 Å². The van der Waals surface area contributed by atoms with Crippen LogP contribution >= 0.6 is 11.6 Å².